The van der Waals surface area contributed by atoms with Crippen LogP contribution in [0, 0.1) is 28.7 Å². The summed E-state index contributed by atoms with van der Waals surface area (Å²) in [6, 6.07) is 20.8. The Morgan fingerprint density at radius 3 is 1.45 bits per heavy atom. The van der Waals surface area contributed by atoms with Gasteiger partial charge in [0.1, 0.15) is 0 Å². The van der Waals surface area contributed by atoms with Crippen molar-refractivity contribution >= 4 is 15.4 Å². The first-order chi connectivity index (χ1) is 17.4. The Morgan fingerprint density at radius 1 is 0.763 bits per heavy atom. The van der Waals surface area contributed by atoms with Crippen LogP contribution in [0.5, 0.6) is 0 Å². The zero-order valence-electron chi connectivity index (χ0n) is 25.2. The fraction of sp³-hybridized carbons (Fsp3) is 0.543. The predicted octanol–water partition coefficient (Wildman–Crippen LogP) is 10.4. The second kappa shape index (κ2) is 14.2. The van der Waals surface area contributed by atoms with Crippen molar-refractivity contribution in [2.24, 2.45) is 22.7 Å². The summed E-state index contributed by atoms with van der Waals surface area (Å²) in [6.45, 7) is 13.5. The molecule has 4 saturated carbocycles. The maximum absolute atomic E-state index is 8.46. The molecule has 1 N–H and O–H groups in total. The minimum absolute atomic E-state index is 0. The Morgan fingerprint density at radius 2 is 1.18 bits per heavy atom. The van der Waals surface area contributed by atoms with Crippen molar-refractivity contribution in [3.8, 4) is 11.1 Å². The third-order valence-electron chi connectivity index (χ3n) is 8.74. The number of benzene rings is 2. The van der Waals surface area contributed by atoms with Gasteiger partial charge in [-0.2, -0.15) is 11.1 Å². The van der Waals surface area contributed by atoms with E-state index in [1.807, 2.05) is 12.1 Å². The van der Waals surface area contributed by atoms with Crippen LogP contribution in [-0.2, 0) is 21.7 Å². The number of rotatable bonds is 1. The summed E-state index contributed by atoms with van der Waals surface area (Å²) >= 11 is 0.312. The molecule has 3 heteroatoms. The minimum atomic E-state index is -0.0249. The molecular weight excluding hydrogens is 555 g/mol. The average molecular weight is 605 g/mol. The maximum Gasteiger partial charge on any atom is 2.00 e. The Bertz CT molecular complexity index is 985. The molecular formula is C35H50GeNTi. The van der Waals surface area contributed by atoms with E-state index in [1.54, 1.807) is 0 Å². The Kier molecular flexibility index (Phi) is 12.4. The smallest absolute Gasteiger partial charge is 0.0622 e. The molecule has 0 aliphatic heterocycles. The SMILES string of the molecule is CC12CC3CC(C)(C1)CC([NH-])(C3)C2.CC1=[C-]C(C)C(C)=C1C.[CH3][GeH][CH3].[Ti+2].c1ccc(-c2ccccc2)cc1. The summed E-state index contributed by atoms with van der Waals surface area (Å²) in [5.41, 5.74) is 16.3. The topological polar surface area (TPSA) is 23.8 Å². The van der Waals surface area contributed by atoms with E-state index in [-0.39, 0.29) is 27.3 Å². The van der Waals surface area contributed by atoms with Gasteiger partial charge < -0.3 is 5.73 Å². The number of hydrogen-bond acceptors (Lipinski definition) is 0. The van der Waals surface area contributed by atoms with Gasteiger partial charge in [-0.15, -0.1) is 12.5 Å². The fourth-order valence-corrected chi connectivity index (χ4v) is 7.87. The van der Waals surface area contributed by atoms with Gasteiger partial charge in [-0.1, -0.05) is 120 Å². The second-order valence-electron chi connectivity index (χ2n) is 13.0. The Labute approximate surface area is 255 Å². The predicted molar refractivity (Wildman–Crippen MR) is 165 cm³/mol. The van der Waals surface area contributed by atoms with Crippen LogP contribution in [0.25, 0.3) is 16.9 Å². The summed E-state index contributed by atoms with van der Waals surface area (Å²) in [5.74, 6) is 6.02. The van der Waals surface area contributed by atoms with Gasteiger partial charge in [0.2, 0.25) is 0 Å². The van der Waals surface area contributed by atoms with E-state index < -0.39 is 0 Å². The maximum atomic E-state index is 8.46. The summed E-state index contributed by atoms with van der Waals surface area (Å²) < 4.78 is 0. The molecule has 5 aliphatic rings. The van der Waals surface area contributed by atoms with E-state index in [1.165, 1.54) is 66.4 Å². The molecule has 0 amide bonds. The van der Waals surface area contributed by atoms with Gasteiger partial charge >= 0.3 is 48.7 Å². The first-order valence-electron chi connectivity index (χ1n) is 14.3. The van der Waals surface area contributed by atoms with Crippen molar-refractivity contribution in [1.29, 1.82) is 0 Å². The van der Waals surface area contributed by atoms with Crippen molar-refractivity contribution in [3.05, 3.63) is 89.2 Å². The first kappa shape index (κ1) is 33.3. The quantitative estimate of drug-likeness (QED) is 0.228. The van der Waals surface area contributed by atoms with Gasteiger partial charge in [-0.25, -0.2) is 5.57 Å². The third kappa shape index (κ3) is 8.82. The zero-order valence-corrected chi connectivity index (χ0v) is 29.2. The van der Waals surface area contributed by atoms with E-state index in [0.29, 0.717) is 32.2 Å². The van der Waals surface area contributed by atoms with Crippen molar-refractivity contribution < 1.29 is 21.7 Å². The monoisotopic (exact) mass is 606 g/mol. The van der Waals surface area contributed by atoms with Crippen LogP contribution in [0.3, 0.4) is 0 Å². The van der Waals surface area contributed by atoms with E-state index in [4.69, 9.17) is 5.73 Å². The minimum Gasteiger partial charge on any atom is -0.0622 e. The molecule has 3 atom stereocenters. The molecule has 0 aromatic heterocycles. The van der Waals surface area contributed by atoms with Crippen LogP contribution in [0.15, 0.2) is 77.4 Å². The summed E-state index contributed by atoms with van der Waals surface area (Å²) in [5, 5.41) is 0. The van der Waals surface area contributed by atoms with E-state index in [0.717, 1.165) is 5.92 Å². The molecule has 2 aromatic carbocycles. The van der Waals surface area contributed by atoms with Crippen molar-refractivity contribution in [2.45, 2.75) is 97.1 Å². The third-order valence-corrected chi connectivity index (χ3v) is 8.74. The van der Waals surface area contributed by atoms with Gasteiger partial charge in [-0.3, -0.25) is 6.08 Å². The van der Waals surface area contributed by atoms with Crippen LogP contribution in [0.1, 0.15) is 80.1 Å². The van der Waals surface area contributed by atoms with Crippen LogP contribution in [0.4, 0.5) is 0 Å². The van der Waals surface area contributed by atoms with Gasteiger partial charge in [0.05, 0.1) is 0 Å². The molecule has 3 unspecified atom stereocenters. The zero-order chi connectivity index (χ0) is 27.3. The standard InChI is InChI=1S/C12H20N.C12H10.C9H13.C2H7Ge.Ti/c1-10-3-9-4-11(2,6-10)8-12(13,5-9)7-10;1-3-7-11(8-4-1)12-9-5-2-6-10-12;1-6-5-7(2)9(4)8(6)3;1-3-2;/h9,13H,3-8H2,1-2H3;1-10H;6H,1-4H3;3H,1-2H3;/q-1;;-1;;+2. The van der Waals surface area contributed by atoms with Gasteiger partial charge in [0.15, 0.2) is 0 Å². The molecule has 1 radical (unpaired) electrons. The van der Waals surface area contributed by atoms with Crippen LogP contribution < -0.4 is 0 Å². The van der Waals surface area contributed by atoms with Crippen molar-refractivity contribution in [2.75, 3.05) is 0 Å². The van der Waals surface area contributed by atoms with E-state index in [2.05, 4.69) is 108 Å². The molecule has 7 rings (SSSR count). The summed E-state index contributed by atoms with van der Waals surface area (Å²) in [7, 11) is 0. The normalized spacial score (nSPS) is 32.0. The molecule has 0 saturated heterocycles. The summed E-state index contributed by atoms with van der Waals surface area (Å²) in [4.78, 5) is 0. The largest absolute Gasteiger partial charge is 2.00 e. The molecule has 203 valence electrons. The molecule has 1 nitrogen and oxygen atoms in total. The summed E-state index contributed by atoms with van der Waals surface area (Å²) in [6.07, 6.45) is 11.2. The molecule has 2 aromatic rings. The molecule has 0 heterocycles. The van der Waals surface area contributed by atoms with Crippen molar-refractivity contribution in [1.82, 2.24) is 0 Å². The van der Waals surface area contributed by atoms with Crippen LogP contribution in [0.2, 0.25) is 11.5 Å². The molecule has 4 fully saturated rings. The molecule has 5 aliphatic carbocycles. The number of hydrogen-bond donors (Lipinski definition) is 0. The molecule has 0 spiro atoms. The Balaban J connectivity index is 0.000000191. The first-order valence-corrected chi connectivity index (χ1v) is 19.1. The van der Waals surface area contributed by atoms with Crippen LogP contribution >= 0.6 is 0 Å². The fourth-order valence-electron chi connectivity index (χ4n) is 7.87. The van der Waals surface area contributed by atoms with Gasteiger partial charge in [-0.05, 0) is 47.1 Å². The van der Waals surface area contributed by atoms with Crippen molar-refractivity contribution in [3.63, 3.8) is 0 Å². The average Bonchev–Trinajstić information content (AvgIpc) is 3.04. The van der Waals surface area contributed by atoms with Gasteiger partial charge in [0.25, 0.3) is 0 Å². The van der Waals surface area contributed by atoms with E-state index >= 15 is 0 Å². The van der Waals surface area contributed by atoms with E-state index in [9.17, 15) is 0 Å². The number of allylic oxidation sites excluding steroid dienone is 4. The molecule has 38 heavy (non-hydrogen) atoms. The Hall–Kier alpha value is -0.863. The van der Waals surface area contributed by atoms with Crippen LogP contribution in [-0.4, -0.2) is 21.0 Å². The van der Waals surface area contributed by atoms with Gasteiger partial charge in [0, 0.05) is 0 Å². The number of nitrogens with one attached hydrogen (secondary N) is 1. The second-order valence-corrected chi connectivity index (χ2v) is 15.4. The molecule has 4 bridgehead atoms.